The van der Waals surface area contributed by atoms with Crippen molar-refractivity contribution in [3.05, 3.63) is 58.1 Å². The molecule has 0 aromatic heterocycles. The Labute approximate surface area is 158 Å². The van der Waals surface area contributed by atoms with Gasteiger partial charge in [0.25, 0.3) is 0 Å². The number of urea groups is 1. The highest BCUT2D eigenvalue weighted by Crippen LogP contribution is 2.24. The lowest BCUT2D eigenvalue weighted by Gasteiger charge is -2.18. The third-order valence-electron chi connectivity index (χ3n) is 4.51. The van der Waals surface area contributed by atoms with Crippen LogP contribution in [0.15, 0.2) is 36.4 Å². The number of hydrogen-bond donors (Lipinski definition) is 2. The highest BCUT2D eigenvalue weighted by Gasteiger charge is 2.31. The maximum atomic E-state index is 12.4. The van der Waals surface area contributed by atoms with E-state index in [4.69, 9.17) is 11.6 Å². The van der Waals surface area contributed by atoms with E-state index in [2.05, 4.69) is 10.6 Å². The van der Waals surface area contributed by atoms with E-state index in [1.165, 1.54) is 0 Å². The van der Waals surface area contributed by atoms with Gasteiger partial charge in [0.15, 0.2) is 0 Å². The molecule has 0 aliphatic carbocycles. The van der Waals surface area contributed by atoms with Crippen molar-refractivity contribution in [2.24, 2.45) is 0 Å². The van der Waals surface area contributed by atoms with Crippen LogP contribution in [0.3, 0.4) is 0 Å². The molecular formula is C20H22ClN3O2. The number of benzene rings is 2. The van der Waals surface area contributed by atoms with Gasteiger partial charge in [0.1, 0.15) is 0 Å². The topological polar surface area (TPSA) is 61.4 Å². The number of nitrogens with one attached hydrogen (secondary N) is 2. The van der Waals surface area contributed by atoms with Crippen molar-refractivity contribution in [3.8, 4) is 0 Å². The molecule has 26 heavy (non-hydrogen) atoms. The molecule has 5 nitrogen and oxygen atoms in total. The highest BCUT2D eigenvalue weighted by molar-refractivity contribution is 6.30. The Balaban J connectivity index is 1.64. The fraction of sp³-hybridized carbons (Fsp3) is 0.300. The summed E-state index contributed by atoms with van der Waals surface area (Å²) in [7, 11) is 0. The Morgan fingerprint density at radius 2 is 1.73 bits per heavy atom. The minimum absolute atomic E-state index is 0.0136. The van der Waals surface area contributed by atoms with Crippen molar-refractivity contribution >= 4 is 34.9 Å². The van der Waals surface area contributed by atoms with E-state index in [1.54, 1.807) is 17.0 Å². The van der Waals surface area contributed by atoms with Crippen molar-refractivity contribution in [2.75, 3.05) is 16.8 Å². The van der Waals surface area contributed by atoms with E-state index >= 15 is 0 Å². The Morgan fingerprint density at radius 1 is 1.12 bits per heavy atom. The lowest BCUT2D eigenvalue weighted by atomic mass is 10.1. The van der Waals surface area contributed by atoms with Crippen molar-refractivity contribution in [1.29, 1.82) is 0 Å². The zero-order valence-electron chi connectivity index (χ0n) is 15.1. The predicted octanol–water partition coefficient (Wildman–Crippen LogP) is 4.19. The molecule has 1 unspecified atom stereocenters. The van der Waals surface area contributed by atoms with Gasteiger partial charge in [-0.25, -0.2) is 4.79 Å². The normalized spacial score (nSPS) is 16.7. The number of nitrogens with zero attached hydrogens (tertiary/aromatic N) is 1. The summed E-state index contributed by atoms with van der Waals surface area (Å²) in [4.78, 5) is 26.3. The van der Waals surface area contributed by atoms with Gasteiger partial charge in [-0.1, -0.05) is 29.3 Å². The summed E-state index contributed by atoms with van der Waals surface area (Å²) in [5, 5.41) is 6.43. The van der Waals surface area contributed by atoms with E-state index < -0.39 is 0 Å². The van der Waals surface area contributed by atoms with Gasteiger partial charge in [-0.05, 0) is 56.2 Å². The number of amides is 3. The first kappa shape index (κ1) is 18.3. The summed E-state index contributed by atoms with van der Waals surface area (Å²) in [6.45, 7) is 6.41. The van der Waals surface area contributed by atoms with Crippen LogP contribution in [0.1, 0.15) is 23.1 Å². The van der Waals surface area contributed by atoms with Crippen molar-refractivity contribution < 1.29 is 9.59 Å². The summed E-state index contributed by atoms with van der Waals surface area (Å²) in [5.41, 5.74) is 4.79. The molecule has 0 radical (unpaired) electrons. The number of rotatable bonds is 3. The quantitative estimate of drug-likeness (QED) is 0.849. The Morgan fingerprint density at radius 3 is 2.35 bits per heavy atom. The van der Waals surface area contributed by atoms with Gasteiger partial charge in [0.2, 0.25) is 5.91 Å². The van der Waals surface area contributed by atoms with Crippen LogP contribution in [-0.4, -0.2) is 24.5 Å². The molecule has 2 N–H and O–H groups in total. The maximum Gasteiger partial charge on any atom is 0.319 e. The Hall–Kier alpha value is -2.53. The van der Waals surface area contributed by atoms with Crippen LogP contribution in [-0.2, 0) is 4.79 Å². The van der Waals surface area contributed by atoms with E-state index in [0.717, 1.165) is 28.1 Å². The number of hydrogen-bond acceptors (Lipinski definition) is 2. The SMILES string of the molecule is Cc1cc(C)c(NC(=O)NC2CC(=O)N(c3ccc(Cl)cc3)C2)c(C)c1. The summed E-state index contributed by atoms with van der Waals surface area (Å²) in [6, 6.07) is 10.7. The average Bonchev–Trinajstić information content (AvgIpc) is 2.92. The number of carbonyl (C=O) groups excluding carboxylic acids is 2. The van der Waals surface area contributed by atoms with Crippen LogP contribution < -0.4 is 15.5 Å². The van der Waals surface area contributed by atoms with Gasteiger partial charge in [0.05, 0.1) is 6.04 Å². The number of carbonyl (C=O) groups is 2. The first-order valence-electron chi connectivity index (χ1n) is 8.55. The van der Waals surface area contributed by atoms with Gasteiger partial charge >= 0.3 is 6.03 Å². The molecule has 3 rings (SSSR count). The fourth-order valence-corrected chi connectivity index (χ4v) is 3.51. The molecule has 1 aliphatic heterocycles. The molecular weight excluding hydrogens is 350 g/mol. The van der Waals surface area contributed by atoms with Crippen LogP contribution in [0, 0.1) is 20.8 Å². The molecule has 3 amide bonds. The molecule has 0 saturated carbocycles. The average molecular weight is 372 g/mol. The minimum atomic E-state index is -0.296. The molecule has 6 heteroatoms. The molecule has 0 bridgehead atoms. The molecule has 2 aromatic carbocycles. The second-order valence-electron chi connectivity index (χ2n) is 6.75. The van der Waals surface area contributed by atoms with E-state index in [0.29, 0.717) is 11.6 Å². The maximum absolute atomic E-state index is 12.4. The van der Waals surface area contributed by atoms with Gasteiger partial charge in [-0.15, -0.1) is 0 Å². The summed E-state index contributed by atoms with van der Waals surface area (Å²) in [6.07, 6.45) is 0.280. The van der Waals surface area contributed by atoms with Crippen molar-refractivity contribution in [3.63, 3.8) is 0 Å². The molecule has 136 valence electrons. The zero-order valence-corrected chi connectivity index (χ0v) is 15.9. The van der Waals surface area contributed by atoms with E-state index in [9.17, 15) is 9.59 Å². The molecule has 2 aromatic rings. The summed E-state index contributed by atoms with van der Waals surface area (Å²) >= 11 is 5.90. The largest absolute Gasteiger partial charge is 0.333 e. The Bertz CT molecular complexity index is 826. The van der Waals surface area contributed by atoms with Crippen LogP contribution in [0.2, 0.25) is 5.02 Å². The molecule has 1 saturated heterocycles. The molecule has 1 atom stereocenters. The summed E-state index contributed by atoms with van der Waals surface area (Å²) < 4.78 is 0. The van der Waals surface area contributed by atoms with Crippen LogP contribution in [0.4, 0.5) is 16.2 Å². The minimum Gasteiger partial charge on any atom is -0.333 e. The fourth-order valence-electron chi connectivity index (χ4n) is 3.39. The van der Waals surface area contributed by atoms with Crippen LogP contribution >= 0.6 is 11.6 Å². The lowest BCUT2D eigenvalue weighted by Crippen LogP contribution is -2.40. The first-order valence-corrected chi connectivity index (χ1v) is 8.92. The van der Waals surface area contributed by atoms with Crippen molar-refractivity contribution in [1.82, 2.24) is 5.32 Å². The third kappa shape index (κ3) is 3.99. The van der Waals surface area contributed by atoms with E-state index in [-0.39, 0.29) is 24.4 Å². The van der Waals surface area contributed by atoms with Crippen molar-refractivity contribution in [2.45, 2.75) is 33.2 Å². The zero-order chi connectivity index (χ0) is 18.8. The molecule has 1 aliphatic rings. The number of anilines is 2. The van der Waals surface area contributed by atoms with Gasteiger partial charge in [-0.3, -0.25) is 4.79 Å². The van der Waals surface area contributed by atoms with Crippen LogP contribution in [0.5, 0.6) is 0 Å². The number of aryl methyl sites for hydroxylation is 3. The Kier molecular flexibility index (Phi) is 5.18. The smallest absolute Gasteiger partial charge is 0.319 e. The molecule has 1 heterocycles. The van der Waals surface area contributed by atoms with Crippen LogP contribution in [0.25, 0.3) is 0 Å². The first-order chi connectivity index (χ1) is 12.3. The monoisotopic (exact) mass is 371 g/mol. The molecule has 0 spiro atoms. The van der Waals surface area contributed by atoms with Gasteiger partial charge in [0, 0.05) is 29.4 Å². The van der Waals surface area contributed by atoms with Gasteiger partial charge in [-0.2, -0.15) is 0 Å². The summed E-state index contributed by atoms with van der Waals surface area (Å²) in [5.74, 6) is -0.0136. The third-order valence-corrected chi connectivity index (χ3v) is 4.77. The number of halogens is 1. The second-order valence-corrected chi connectivity index (χ2v) is 7.19. The van der Waals surface area contributed by atoms with E-state index in [1.807, 2.05) is 45.0 Å². The highest BCUT2D eigenvalue weighted by atomic mass is 35.5. The predicted molar refractivity (Wildman–Crippen MR) is 105 cm³/mol. The van der Waals surface area contributed by atoms with Gasteiger partial charge < -0.3 is 15.5 Å². The standard InChI is InChI=1S/C20H22ClN3O2/c1-12-8-13(2)19(14(3)9-12)23-20(26)22-16-10-18(25)24(11-16)17-6-4-15(21)5-7-17/h4-9,16H,10-11H2,1-3H3,(H2,22,23,26). The lowest BCUT2D eigenvalue weighted by molar-refractivity contribution is -0.117. The molecule has 1 fully saturated rings. The second kappa shape index (κ2) is 7.38.